The van der Waals surface area contributed by atoms with E-state index in [2.05, 4.69) is 42.0 Å². The molecule has 1 unspecified atom stereocenters. The van der Waals surface area contributed by atoms with Gasteiger partial charge in [-0.2, -0.15) is 0 Å². The van der Waals surface area contributed by atoms with Gasteiger partial charge >= 0.3 is 0 Å². The van der Waals surface area contributed by atoms with E-state index in [0.29, 0.717) is 0 Å². The molecule has 1 amide bonds. The highest BCUT2D eigenvalue weighted by molar-refractivity contribution is 9.09. The first-order valence-corrected chi connectivity index (χ1v) is 7.43. The van der Waals surface area contributed by atoms with Gasteiger partial charge in [0, 0.05) is 17.3 Å². The molecule has 1 aliphatic rings. The van der Waals surface area contributed by atoms with Gasteiger partial charge in [0.1, 0.15) is 0 Å². The Bertz CT molecular complexity index is 229. The second-order valence-electron chi connectivity index (χ2n) is 5.89. The zero-order chi connectivity index (χ0) is 12.2. The van der Waals surface area contributed by atoms with Crippen LogP contribution in [0.4, 0.5) is 0 Å². The fourth-order valence-electron chi connectivity index (χ4n) is 2.31. The molecule has 0 aliphatic heterocycles. The maximum absolute atomic E-state index is 12.1. The monoisotopic (exact) mass is 289 g/mol. The van der Waals surface area contributed by atoms with Crippen molar-refractivity contribution >= 4 is 21.8 Å². The molecule has 0 aromatic heterocycles. The minimum absolute atomic E-state index is 0.141. The van der Waals surface area contributed by atoms with Gasteiger partial charge in [-0.05, 0) is 24.7 Å². The number of halogens is 1. The van der Waals surface area contributed by atoms with Gasteiger partial charge in [0.15, 0.2) is 0 Å². The minimum Gasteiger partial charge on any atom is -0.353 e. The summed E-state index contributed by atoms with van der Waals surface area (Å²) >= 11 is 3.46. The Balaban J connectivity index is 2.50. The number of carbonyl (C=O) groups is 1. The van der Waals surface area contributed by atoms with Gasteiger partial charge in [0.25, 0.3) is 0 Å². The third-order valence-electron chi connectivity index (χ3n) is 3.49. The Morgan fingerprint density at radius 3 is 2.38 bits per heavy atom. The molecular formula is C13H24BrNO. The molecule has 3 heteroatoms. The first-order chi connectivity index (χ1) is 7.45. The fraction of sp³-hybridized carbons (Fsp3) is 0.923. The summed E-state index contributed by atoms with van der Waals surface area (Å²) < 4.78 is 0. The van der Waals surface area contributed by atoms with E-state index in [1.54, 1.807) is 0 Å². The average molecular weight is 290 g/mol. The van der Waals surface area contributed by atoms with E-state index < -0.39 is 0 Å². The van der Waals surface area contributed by atoms with E-state index in [-0.39, 0.29) is 23.3 Å². The van der Waals surface area contributed by atoms with Gasteiger partial charge in [-0.15, -0.1) is 0 Å². The van der Waals surface area contributed by atoms with Crippen LogP contribution in [0.15, 0.2) is 0 Å². The van der Waals surface area contributed by atoms with Gasteiger partial charge in [-0.1, -0.05) is 49.5 Å². The average Bonchev–Trinajstić information content (AvgIpc) is 2.68. The molecule has 0 radical (unpaired) electrons. The molecule has 0 aromatic carbocycles. The van der Waals surface area contributed by atoms with Crippen molar-refractivity contribution in [2.24, 2.45) is 11.3 Å². The van der Waals surface area contributed by atoms with Crippen molar-refractivity contribution in [3.63, 3.8) is 0 Å². The molecular weight excluding hydrogens is 266 g/mol. The zero-order valence-corrected chi connectivity index (χ0v) is 12.3. The summed E-state index contributed by atoms with van der Waals surface area (Å²) in [6.07, 6.45) is 5.60. The maximum atomic E-state index is 12.1. The van der Waals surface area contributed by atoms with Crippen LogP contribution in [0.2, 0.25) is 0 Å². The Labute approximate surface area is 108 Å². The normalized spacial score (nSPS) is 19.8. The van der Waals surface area contributed by atoms with Crippen molar-refractivity contribution in [1.82, 2.24) is 5.32 Å². The first kappa shape index (κ1) is 14.0. The third-order valence-corrected chi connectivity index (χ3v) is 3.94. The Kier molecular flexibility index (Phi) is 5.29. The zero-order valence-electron chi connectivity index (χ0n) is 10.7. The molecule has 1 aliphatic carbocycles. The maximum Gasteiger partial charge on any atom is 0.223 e. The molecule has 94 valence electrons. The second-order valence-corrected chi connectivity index (χ2v) is 6.68. The first-order valence-electron chi connectivity index (χ1n) is 6.31. The Morgan fingerprint density at radius 2 is 1.94 bits per heavy atom. The summed E-state index contributed by atoms with van der Waals surface area (Å²) in [7, 11) is 0. The molecule has 0 bridgehead atoms. The Morgan fingerprint density at radius 1 is 1.38 bits per heavy atom. The summed E-state index contributed by atoms with van der Waals surface area (Å²) in [5.74, 6) is 0.554. The lowest BCUT2D eigenvalue weighted by Crippen LogP contribution is -2.45. The number of alkyl halides is 1. The van der Waals surface area contributed by atoms with E-state index in [0.717, 1.165) is 24.6 Å². The molecule has 0 spiro atoms. The summed E-state index contributed by atoms with van der Waals surface area (Å²) in [5.41, 5.74) is 0.141. The quantitative estimate of drug-likeness (QED) is 0.789. The molecule has 16 heavy (non-hydrogen) atoms. The third kappa shape index (κ3) is 4.08. The van der Waals surface area contributed by atoms with Crippen molar-refractivity contribution in [3.05, 3.63) is 0 Å². The van der Waals surface area contributed by atoms with Crippen LogP contribution < -0.4 is 5.32 Å². The van der Waals surface area contributed by atoms with Gasteiger partial charge < -0.3 is 5.32 Å². The van der Waals surface area contributed by atoms with Crippen LogP contribution in [0.5, 0.6) is 0 Å². The standard InChI is InChI=1S/C13H24BrNO/c1-13(2,3)11(8-9-14)15-12(16)10-6-4-5-7-10/h10-11H,4-9H2,1-3H3,(H,15,16). The van der Waals surface area contributed by atoms with Crippen LogP contribution in [-0.2, 0) is 4.79 Å². The molecule has 0 saturated heterocycles. The van der Waals surface area contributed by atoms with Crippen molar-refractivity contribution in [2.75, 3.05) is 5.33 Å². The lowest BCUT2D eigenvalue weighted by atomic mass is 9.85. The molecule has 1 N–H and O–H groups in total. The van der Waals surface area contributed by atoms with E-state index >= 15 is 0 Å². The summed E-state index contributed by atoms with van der Waals surface area (Å²) in [6, 6.07) is 0.278. The topological polar surface area (TPSA) is 29.1 Å². The van der Waals surface area contributed by atoms with E-state index in [1.165, 1.54) is 12.8 Å². The van der Waals surface area contributed by atoms with Crippen LogP contribution in [0.3, 0.4) is 0 Å². The second kappa shape index (κ2) is 6.04. The molecule has 0 heterocycles. The predicted molar refractivity (Wildman–Crippen MR) is 71.8 cm³/mol. The predicted octanol–water partition coefficient (Wildman–Crippen LogP) is 3.49. The number of rotatable bonds is 4. The van der Waals surface area contributed by atoms with E-state index in [4.69, 9.17) is 0 Å². The van der Waals surface area contributed by atoms with Gasteiger partial charge in [-0.3, -0.25) is 4.79 Å². The van der Waals surface area contributed by atoms with Crippen LogP contribution >= 0.6 is 15.9 Å². The highest BCUT2D eigenvalue weighted by Crippen LogP contribution is 2.27. The summed E-state index contributed by atoms with van der Waals surface area (Å²) in [4.78, 5) is 12.1. The van der Waals surface area contributed by atoms with Crippen molar-refractivity contribution in [2.45, 2.75) is 58.9 Å². The number of hydrogen-bond acceptors (Lipinski definition) is 1. The number of hydrogen-bond donors (Lipinski definition) is 1. The number of carbonyl (C=O) groups excluding carboxylic acids is 1. The summed E-state index contributed by atoms with van der Waals surface area (Å²) in [5, 5.41) is 4.18. The van der Waals surface area contributed by atoms with E-state index in [1.807, 2.05) is 0 Å². The number of nitrogens with one attached hydrogen (secondary N) is 1. The van der Waals surface area contributed by atoms with E-state index in [9.17, 15) is 4.79 Å². The molecule has 1 fully saturated rings. The van der Waals surface area contributed by atoms with Crippen molar-refractivity contribution < 1.29 is 4.79 Å². The molecule has 0 aromatic rings. The molecule has 1 atom stereocenters. The van der Waals surface area contributed by atoms with Crippen molar-refractivity contribution in [1.29, 1.82) is 0 Å². The number of amides is 1. The molecule has 2 nitrogen and oxygen atoms in total. The molecule has 1 saturated carbocycles. The summed E-state index contributed by atoms with van der Waals surface area (Å²) in [6.45, 7) is 6.57. The fourth-order valence-corrected chi connectivity index (χ4v) is 2.77. The lowest BCUT2D eigenvalue weighted by molar-refractivity contribution is -0.126. The van der Waals surface area contributed by atoms with Gasteiger partial charge in [0.2, 0.25) is 5.91 Å². The SMILES string of the molecule is CC(C)(C)C(CCBr)NC(=O)C1CCCC1. The van der Waals surface area contributed by atoms with Gasteiger partial charge in [-0.25, -0.2) is 0 Å². The van der Waals surface area contributed by atoms with Crippen LogP contribution in [-0.4, -0.2) is 17.3 Å². The van der Waals surface area contributed by atoms with Crippen LogP contribution in [0.25, 0.3) is 0 Å². The minimum atomic E-state index is 0.141. The largest absolute Gasteiger partial charge is 0.353 e. The molecule has 1 rings (SSSR count). The Hall–Kier alpha value is -0.0500. The lowest BCUT2D eigenvalue weighted by Gasteiger charge is -2.32. The highest BCUT2D eigenvalue weighted by atomic mass is 79.9. The van der Waals surface area contributed by atoms with Crippen LogP contribution in [0, 0.1) is 11.3 Å². The van der Waals surface area contributed by atoms with Crippen LogP contribution in [0.1, 0.15) is 52.9 Å². The highest BCUT2D eigenvalue weighted by Gasteiger charge is 2.29. The van der Waals surface area contributed by atoms with Crippen molar-refractivity contribution in [3.8, 4) is 0 Å². The van der Waals surface area contributed by atoms with Gasteiger partial charge in [0.05, 0.1) is 0 Å². The smallest absolute Gasteiger partial charge is 0.223 e.